The number of aliphatic imine (C=N–C) groups is 1. The summed E-state index contributed by atoms with van der Waals surface area (Å²) in [5, 5.41) is 10.8. The fourth-order valence-electron chi connectivity index (χ4n) is 6.79. The van der Waals surface area contributed by atoms with E-state index in [0.717, 1.165) is 22.3 Å². The van der Waals surface area contributed by atoms with Crippen molar-refractivity contribution in [1.82, 2.24) is 9.55 Å². The maximum atomic E-state index is 12.5. The lowest BCUT2D eigenvalue weighted by molar-refractivity contribution is -0.0632. The highest BCUT2D eigenvalue weighted by Gasteiger charge is 2.53. The highest BCUT2D eigenvalue weighted by atomic mass is 16.5. The average Bonchev–Trinajstić information content (AvgIpc) is 2.73. The third-order valence-electron chi connectivity index (χ3n) is 7.93. The van der Waals surface area contributed by atoms with Gasteiger partial charge in [0, 0.05) is 6.21 Å². The monoisotopic (exact) mass is 437 g/mol. The number of rotatable bonds is 6. The van der Waals surface area contributed by atoms with Gasteiger partial charge in [-0.25, -0.2) is 9.36 Å². The van der Waals surface area contributed by atoms with Gasteiger partial charge in [-0.2, -0.15) is 0 Å². The van der Waals surface area contributed by atoms with Crippen molar-refractivity contribution in [3.63, 3.8) is 0 Å². The molecule has 7 nitrogen and oxygen atoms in total. The highest BCUT2D eigenvalue weighted by molar-refractivity contribution is 5.82. The van der Waals surface area contributed by atoms with E-state index < -0.39 is 17.1 Å². The molecular formula is C25H31N3O4. The minimum absolute atomic E-state index is 0.00932. The van der Waals surface area contributed by atoms with E-state index in [0.29, 0.717) is 18.0 Å². The topological polar surface area (TPSA) is 96.7 Å². The summed E-state index contributed by atoms with van der Waals surface area (Å²) >= 11 is 0. The van der Waals surface area contributed by atoms with Crippen LogP contribution in [0.4, 0.5) is 0 Å². The molecule has 1 atom stereocenters. The molecule has 4 aliphatic carbocycles. The Morgan fingerprint density at radius 3 is 2.31 bits per heavy atom. The summed E-state index contributed by atoms with van der Waals surface area (Å²) in [5.74, 6) is 2.72. The van der Waals surface area contributed by atoms with E-state index in [9.17, 15) is 14.7 Å². The molecule has 0 amide bonds. The van der Waals surface area contributed by atoms with E-state index in [1.807, 2.05) is 6.92 Å². The molecule has 2 aromatic rings. The minimum atomic E-state index is -0.692. The summed E-state index contributed by atoms with van der Waals surface area (Å²) in [6.07, 6.45) is 9.19. The Bertz CT molecular complexity index is 1110. The maximum Gasteiger partial charge on any atom is 0.335 e. The first-order valence-corrected chi connectivity index (χ1v) is 11.7. The molecule has 0 radical (unpaired) electrons. The van der Waals surface area contributed by atoms with Crippen molar-refractivity contribution >= 4 is 6.21 Å². The highest BCUT2D eigenvalue weighted by Crippen LogP contribution is 2.61. The van der Waals surface area contributed by atoms with E-state index >= 15 is 0 Å². The van der Waals surface area contributed by atoms with Gasteiger partial charge in [-0.3, -0.25) is 14.8 Å². The molecule has 4 fully saturated rings. The van der Waals surface area contributed by atoms with Crippen LogP contribution in [0.15, 0.2) is 38.8 Å². The first kappa shape index (κ1) is 21.0. The van der Waals surface area contributed by atoms with Crippen molar-refractivity contribution in [2.45, 2.75) is 58.4 Å². The quantitative estimate of drug-likeness (QED) is 0.674. The average molecular weight is 438 g/mol. The van der Waals surface area contributed by atoms with Gasteiger partial charge >= 0.3 is 5.69 Å². The Hall–Kier alpha value is -2.83. The predicted molar refractivity (Wildman–Crippen MR) is 123 cm³/mol. The first-order chi connectivity index (χ1) is 15.4. The van der Waals surface area contributed by atoms with Crippen LogP contribution in [-0.4, -0.2) is 33.5 Å². The summed E-state index contributed by atoms with van der Waals surface area (Å²) < 4.78 is 6.53. The molecule has 2 N–H and O–H groups in total. The van der Waals surface area contributed by atoms with E-state index in [2.05, 4.69) is 11.9 Å². The summed E-state index contributed by atoms with van der Waals surface area (Å²) in [7, 11) is 0. The second-order valence-corrected chi connectivity index (χ2v) is 9.99. The Labute approximate surface area is 187 Å². The summed E-state index contributed by atoms with van der Waals surface area (Å²) in [6.45, 7) is 4.56. The summed E-state index contributed by atoms with van der Waals surface area (Å²) in [4.78, 5) is 32.1. The van der Waals surface area contributed by atoms with Crippen LogP contribution in [0, 0.1) is 23.2 Å². The van der Waals surface area contributed by atoms with Gasteiger partial charge < -0.3 is 9.84 Å². The standard InChI is InChI=1S/C25H31N3O4/c1-3-32-20-6-4-19(5-7-20)28-23(30)21(22(29)27-24(28)31)14-26-15(2)25-11-16-8-17(12-25)10-18(9-16)13-25/h4-7,14-18,30H,3,8-13H2,1-2H3,(H,27,29,31). The number of nitrogens with one attached hydrogen (secondary N) is 1. The molecule has 170 valence electrons. The van der Waals surface area contributed by atoms with Gasteiger partial charge in [0.1, 0.15) is 11.3 Å². The largest absolute Gasteiger partial charge is 0.494 e. The number of hydrogen-bond acceptors (Lipinski definition) is 5. The van der Waals surface area contributed by atoms with Crippen LogP contribution < -0.4 is 16.0 Å². The van der Waals surface area contributed by atoms with E-state index in [4.69, 9.17) is 9.73 Å². The van der Waals surface area contributed by atoms with Gasteiger partial charge in [0.25, 0.3) is 5.56 Å². The molecule has 0 saturated heterocycles. The van der Waals surface area contributed by atoms with E-state index in [-0.39, 0.29) is 17.0 Å². The molecule has 32 heavy (non-hydrogen) atoms. The fraction of sp³-hybridized carbons (Fsp3) is 0.560. The summed E-state index contributed by atoms with van der Waals surface area (Å²) in [5.41, 5.74) is -0.665. The normalized spacial score (nSPS) is 29.5. The van der Waals surface area contributed by atoms with Crippen LogP contribution in [0.2, 0.25) is 0 Å². The molecule has 1 heterocycles. The second-order valence-electron chi connectivity index (χ2n) is 9.99. The maximum absolute atomic E-state index is 12.5. The Morgan fingerprint density at radius 2 is 1.75 bits per heavy atom. The lowest BCUT2D eigenvalue weighted by Crippen LogP contribution is -2.50. The third kappa shape index (κ3) is 3.57. The van der Waals surface area contributed by atoms with Crippen molar-refractivity contribution in [2.75, 3.05) is 6.61 Å². The number of ether oxygens (including phenoxy) is 1. The first-order valence-electron chi connectivity index (χ1n) is 11.7. The van der Waals surface area contributed by atoms with Crippen molar-refractivity contribution in [2.24, 2.45) is 28.2 Å². The van der Waals surface area contributed by atoms with Gasteiger partial charge in [-0.1, -0.05) is 0 Å². The number of hydrogen-bond donors (Lipinski definition) is 2. The van der Waals surface area contributed by atoms with Crippen LogP contribution in [0.3, 0.4) is 0 Å². The zero-order chi connectivity index (χ0) is 22.5. The lowest BCUT2D eigenvalue weighted by atomic mass is 9.48. The van der Waals surface area contributed by atoms with E-state index in [1.165, 1.54) is 44.7 Å². The molecule has 1 unspecified atom stereocenters. The summed E-state index contributed by atoms with van der Waals surface area (Å²) in [6, 6.07) is 6.85. The zero-order valence-corrected chi connectivity index (χ0v) is 18.7. The number of aromatic amines is 1. The number of aromatic nitrogens is 2. The molecule has 6 rings (SSSR count). The number of aromatic hydroxyl groups is 1. The molecule has 7 heteroatoms. The molecule has 0 spiro atoms. The smallest absolute Gasteiger partial charge is 0.335 e. The Morgan fingerprint density at radius 1 is 1.16 bits per heavy atom. The van der Waals surface area contributed by atoms with Crippen molar-refractivity contribution in [3.05, 3.63) is 50.7 Å². The second kappa shape index (κ2) is 7.94. The van der Waals surface area contributed by atoms with Gasteiger partial charge in [-0.05, 0) is 99.8 Å². The minimum Gasteiger partial charge on any atom is -0.494 e. The Balaban J connectivity index is 1.45. The van der Waals surface area contributed by atoms with Gasteiger partial charge in [-0.15, -0.1) is 0 Å². The van der Waals surface area contributed by atoms with Crippen LogP contribution in [0.5, 0.6) is 11.6 Å². The number of nitrogens with zero attached hydrogens (tertiary/aromatic N) is 2. The van der Waals surface area contributed by atoms with Gasteiger partial charge in [0.05, 0.1) is 18.3 Å². The van der Waals surface area contributed by atoms with Crippen molar-refractivity contribution in [3.8, 4) is 17.3 Å². The molecule has 1 aromatic carbocycles. The molecule has 4 aliphatic rings. The van der Waals surface area contributed by atoms with Crippen LogP contribution >= 0.6 is 0 Å². The van der Waals surface area contributed by atoms with Crippen LogP contribution in [0.1, 0.15) is 57.9 Å². The van der Waals surface area contributed by atoms with Crippen molar-refractivity contribution in [1.29, 1.82) is 0 Å². The molecule has 4 saturated carbocycles. The van der Waals surface area contributed by atoms with E-state index in [1.54, 1.807) is 24.3 Å². The zero-order valence-electron chi connectivity index (χ0n) is 18.7. The number of H-pyrrole nitrogens is 1. The van der Waals surface area contributed by atoms with Crippen LogP contribution in [-0.2, 0) is 0 Å². The van der Waals surface area contributed by atoms with Gasteiger partial charge in [0.2, 0.25) is 5.88 Å². The lowest BCUT2D eigenvalue weighted by Gasteiger charge is -2.58. The molecule has 4 bridgehead atoms. The molecular weight excluding hydrogens is 406 g/mol. The molecule has 1 aromatic heterocycles. The van der Waals surface area contributed by atoms with Gasteiger partial charge in [0.15, 0.2) is 0 Å². The Kier molecular flexibility index (Phi) is 5.22. The fourth-order valence-corrected chi connectivity index (χ4v) is 6.79. The third-order valence-corrected chi connectivity index (χ3v) is 7.93. The molecule has 0 aliphatic heterocycles. The van der Waals surface area contributed by atoms with Crippen LogP contribution in [0.25, 0.3) is 5.69 Å². The van der Waals surface area contributed by atoms with Crippen molar-refractivity contribution < 1.29 is 9.84 Å². The SMILES string of the molecule is CCOc1ccc(-n2c(O)c(C=NC(C)C34CC5CC(CC(C5)C3)C4)c(=O)[nH]c2=O)cc1. The predicted octanol–water partition coefficient (Wildman–Crippen LogP) is 3.65. The number of benzene rings is 1.